The van der Waals surface area contributed by atoms with Crippen LogP contribution >= 0.6 is 0 Å². The predicted octanol–water partition coefficient (Wildman–Crippen LogP) is 3.84. The summed E-state index contributed by atoms with van der Waals surface area (Å²) in [6.07, 6.45) is 5.87. The van der Waals surface area contributed by atoms with Crippen LogP contribution < -0.4 is 0 Å². The molecule has 9 rings (SSSR count). The molecule has 1 heterocycles. The molecule has 0 amide bonds. The second-order valence-corrected chi connectivity index (χ2v) is 9.16. The second kappa shape index (κ2) is 4.89. The number of carbonyl (C=O) groups excluding carboxylic acids is 2. The molecule has 0 radical (unpaired) electrons. The van der Waals surface area contributed by atoms with Crippen LogP contribution in [0.15, 0.2) is 54.6 Å². The van der Waals surface area contributed by atoms with Crippen molar-refractivity contribution in [2.24, 2.45) is 22.7 Å². The molecule has 1 aliphatic heterocycles. The average Bonchev–Trinajstić information content (AvgIpc) is 3.04. The molecular weight excluding hydrogens is 382 g/mol. The summed E-state index contributed by atoms with van der Waals surface area (Å²) in [5.41, 5.74) is 1.79. The van der Waals surface area contributed by atoms with E-state index in [-0.39, 0.29) is 23.4 Å². The maximum Gasteiger partial charge on any atom is 0.322 e. The van der Waals surface area contributed by atoms with E-state index in [1.165, 1.54) is 6.07 Å². The van der Waals surface area contributed by atoms with Gasteiger partial charge in [0, 0.05) is 24.0 Å². The third kappa shape index (κ3) is 1.40. The quantitative estimate of drug-likeness (QED) is 0.239. The monoisotopic (exact) mass is 399 g/mol. The van der Waals surface area contributed by atoms with Gasteiger partial charge >= 0.3 is 11.9 Å². The highest BCUT2D eigenvalue weighted by Gasteiger charge is 2.84. The number of non-ortho nitro benzene ring substituents is 1. The summed E-state index contributed by atoms with van der Waals surface area (Å²) < 4.78 is 5.49. The third-order valence-electron chi connectivity index (χ3n) is 8.51. The average molecular weight is 399 g/mol. The minimum absolute atomic E-state index is 0.00924. The number of esters is 2. The molecule has 148 valence electrons. The maximum absolute atomic E-state index is 13.6. The van der Waals surface area contributed by atoms with E-state index in [1.807, 2.05) is 24.3 Å². The van der Waals surface area contributed by atoms with Crippen molar-refractivity contribution in [1.29, 1.82) is 0 Å². The molecule has 7 aliphatic rings. The summed E-state index contributed by atoms with van der Waals surface area (Å²) >= 11 is 0. The van der Waals surface area contributed by atoms with E-state index in [9.17, 15) is 19.7 Å². The van der Waals surface area contributed by atoms with E-state index in [0.29, 0.717) is 0 Å². The number of nitro groups is 1. The highest BCUT2D eigenvalue weighted by Crippen LogP contribution is 2.80. The maximum atomic E-state index is 13.6. The van der Waals surface area contributed by atoms with Crippen molar-refractivity contribution in [3.63, 3.8) is 0 Å². The van der Waals surface area contributed by atoms with Crippen LogP contribution in [0.3, 0.4) is 0 Å². The summed E-state index contributed by atoms with van der Waals surface area (Å²) in [6.45, 7) is 0. The zero-order valence-electron chi connectivity index (χ0n) is 15.9. The van der Waals surface area contributed by atoms with E-state index in [1.54, 1.807) is 12.1 Å². The molecule has 0 spiro atoms. The number of hydrogen-bond donors (Lipinski definition) is 0. The normalized spacial score (nSPS) is 38.5. The first kappa shape index (κ1) is 16.5. The lowest BCUT2D eigenvalue weighted by Gasteiger charge is -2.66. The molecule has 0 unspecified atom stereocenters. The molecule has 6 atom stereocenters. The van der Waals surface area contributed by atoms with Gasteiger partial charge in [0.1, 0.15) is 10.8 Å². The first-order valence-corrected chi connectivity index (χ1v) is 10.3. The molecule has 2 fully saturated rings. The molecule has 1 saturated heterocycles. The summed E-state index contributed by atoms with van der Waals surface area (Å²) in [6, 6.07) is 12.9. The van der Waals surface area contributed by atoms with E-state index in [4.69, 9.17) is 4.74 Å². The number of nitro benzene ring substituents is 1. The Morgan fingerprint density at radius 3 is 1.90 bits per heavy atom. The predicted molar refractivity (Wildman–Crippen MR) is 105 cm³/mol. The number of benzene rings is 2. The lowest BCUT2D eigenvalue weighted by molar-refractivity contribution is -0.385. The number of hydrogen-bond acceptors (Lipinski definition) is 5. The zero-order valence-corrected chi connectivity index (χ0v) is 15.9. The van der Waals surface area contributed by atoms with Crippen LogP contribution in [-0.2, 0) is 14.3 Å². The molecule has 6 aliphatic carbocycles. The Hall–Kier alpha value is -3.28. The molecule has 0 aromatic heterocycles. The van der Waals surface area contributed by atoms with Gasteiger partial charge in [0.25, 0.3) is 5.69 Å². The molecule has 4 bridgehead atoms. The zero-order chi connectivity index (χ0) is 20.4. The number of allylic oxidation sites excluding steroid dienone is 2. The van der Waals surface area contributed by atoms with Crippen LogP contribution in [0.1, 0.15) is 46.9 Å². The fourth-order valence-electron chi connectivity index (χ4n) is 7.77. The Bertz CT molecular complexity index is 1250. The minimum Gasteiger partial charge on any atom is -0.392 e. The van der Waals surface area contributed by atoms with Crippen molar-refractivity contribution < 1.29 is 19.2 Å². The van der Waals surface area contributed by atoms with Gasteiger partial charge < -0.3 is 4.74 Å². The number of fused-ring (bicyclic) bond motifs is 1. The minimum atomic E-state index is -1.02. The highest BCUT2D eigenvalue weighted by molar-refractivity contribution is 6.07. The number of carbonyl (C=O) groups is 2. The van der Waals surface area contributed by atoms with E-state index in [2.05, 4.69) is 12.2 Å². The van der Waals surface area contributed by atoms with Gasteiger partial charge in [-0.2, -0.15) is 0 Å². The van der Waals surface area contributed by atoms with Gasteiger partial charge in [0.05, 0.1) is 4.92 Å². The van der Waals surface area contributed by atoms with Crippen molar-refractivity contribution in [2.75, 3.05) is 0 Å². The molecule has 0 N–H and O–H groups in total. The summed E-state index contributed by atoms with van der Waals surface area (Å²) in [5.74, 6) is -1.83. The standard InChI is InChI=1S/C24H17NO5/c26-21-23-12-5-7-13(8-6-12)24(23,22(27)30-21)20-16-4-2-1-3-15(16)19(23)17-10-9-14(25(28)29)11-18(17)20/h1-5,7,9-13,19-20H,6,8H2/t12-,13+,19+,20-,23-,24-/m0/s1. The topological polar surface area (TPSA) is 86.5 Å². The van der Waals surface area contributed by atoms with Crippen molar-refractivity contribution in [1.82, 2.24) is 0 Å². The Labute approximate surface area is 171 Å². The van der Waals surface area contributed by atoms with Crippen LogP contribution in [0, 0.1) is 32.8 Å². The highest BCUT2D eigenvalue weighted by atomic mass is 16.6. The summed E-state index contributed by atoms with van der Waals surface area (Å²) in [7, 11) is 0. The van der Waals surface area contributed by atoms with Crippen molar-refractivity contribution in [3.8, 4) is 0 Å². The van der Waals surface area contributed by atoms with Gasteiger partial charge in [-0.15, -0.1) is 0 Å². The first-order chi connectivity index (χ1) is 14.5. The van der Waals surface area contributed by atoms with Gasteiger partial charge in [-0.1, -0.05) is 42.5 Å². The number of nitrogens with zero attached hydrogens (tertiary/aromatic N) is 1. The Morgan fingerprint density at radius 1 is 0.833 bits per heavy atom. The first-order valence-electron chi connectivity index (χ1n) is 10.3. The van der Waals surface area contributed by atoms with E-state index in [0.717, 1.165) is 35.1 Å². The lowest BCUT2D eigenvalue weighted by atomic mass is 9.32. The van der Waals surface area contributed by atoms with Crippen LogP contribution in [0.25, 0.3) is 0 Å². The number of cyclic esters (lactones) is 2. The van der Waals surface area contributed by atoms with Crippen LogP contribution in [-0.4, -0.2) is 16.9 Å². The molecular formula is C24H17NO5. The third-order valence-corrected chi connectivity index (χ3v) is 8.51. The smallest absolute Gasteiger partial charge is 0.322 e. The summed E-state index contributed by atoms with van der Waals surface area (Å²) in [4.78, 5) is 38.3. The van der Waals surface area contributed by atoms with Crippen molar-refractivity contribution in [2.45, 2.75) is 24.7 Å². The largest absolute Gasteiger partial charge is 0.392 e. The Morgan fingerprint density at radius 2 is 1.37 bits per heavy atom. The van der Waals surface area contributed by atoms with Crippen molar-refractivity contribution in [3.05, 3.63) is 87.0 Å². The Kier molecular flexibility index (Phi) is 2.69. The fraction of sp³-hybridized carbons (Fsp3) is 0.333. The SMILES string of the molecule is O=C1OC(=O)[C@]23[C@@H]4c5ccccc5[C@@H](c5cc([N+](=O)[O-])ccc54)[C@@]12[C@@H]1C=C[C@H]3CC1. The Balaban J connectivity index is 1.67. The molecule has 1 saturated carbocycles. The van der Waals surface area contributed by atoms with E-state index >= 15 is 0 Å². The van der Waals surface area contributed by atoms with Gasteiger partial charge in [-0.05, 0) is 46.9 Å². The van der Waals surface area contributed by atoms with Crippen LogP contribution in [0.4, 0.5) is 5.69 Å². The second-order valence-electron chi connectivity index (χ2n) is 9.16. The number of rotatable bonds is 1. The summed E-state index contributed by atoms with van der Waals surface area (Å²) in [5, 5.41) is 11.5. The van der Waals surface area contributed by atoms with Gasteiger partial charge in [0.15, 0.2) is 0 Å². The molecule has 2 aromatic carbocycles. The number of ether oxygens (including phenoxy) is 1. The molecule has 6 nitrogen and oxygen atoms in total. The fourth-order valence-corrected chi connectivity index (χ4v) is 7.77. The van der Waals surface area contributed by atoms with Gasteiger partial charge in [0.2, 0.25) is 0 Å². The van der Waals surface area contributed by atoms with E-state index < -0.39 is 33.6 Å². The van der Waals surface area contributed by atoms with Gasteiger partial charge in [-0.3, -0.25) is 19.7 Å². The van der Waals surface area contributed by atoms with Crippen LogP contribution in [0.2, 0.25) is 0 Å². The van der Waals surface area contributed by atoms with Crippen LogP contribution in [0.5, 0.6) is 0 Å². The van der Waals surface area contributed by atoms with Crippen molar-refractivity contribution >= 4 is 17.6 Å². The lowest BCUT2D eigenvalue weighted by Crippen LogP contribution is -2.67. The molecule has 30 heavy (non-hydrogen) atoms. The molecule has 6 heteroatoms. The molecule has 2 aromatic rings. The van der Waals surface area contributed by atoms with Gasteiger partial charge in [-0.25, -0.2) is 0 Å².